The van der Waals surface area contributed by atoms with E-state index in [9.17, 15) is 0 Å². The molecule has 0 amide bonds. The van der Waals surface area contributed by atoms with Crippen molar-refractivity contribution >= 4 is 5.69 Å². The summed E-state index contributed by atoms with van der Waals surface area (Å²) in [4.78, 5) is 7.00. The summed E-state index contributed by atoms with van der Waals surface area (Å²) in [6, 6.07) is 4.67. The van der Waals surface area contributed by atoms with Crippen LogP contribution in [-0.2, 0) is 6.42 Å². The van der Waals surface area contributed by atoms with Crippen LogP contribution in [0.25, 0.3) is 0 Å². The molecule has 19 heavy (non-hydrogen) atoms. The summed E-state index contributed by atoms with van der Waals surface area (Å²) in [5.41, 5.74) is 7.54. The second kappa shape index (κ2) is 8.16. The minimum Gasteiger partial charge on any atom is -0.397 e. The Balaban J connectivity index is 2.58. The smallest absolute Gasteiger partial charge is 0.0501 e. The van der Waals surface area contributed by atoms with Gasteiger partial charge in [0.05, 0.1) is 11.9 Å². The topological polar surface area (TPSA) is 42.1 Å². The molecule has 0 aromatic carbocycles. The molecule has 0 atom stereocenters. The molecule has 108 valence electrons. The summed E-state index contributed by atoms with van der Waals surface area (Å²) in [5, 5.41) is 0. The third kappa shape index (κ3) is 5.60. The lowest BCUT2D eigenvalue weighted by atomic mass is 10.1. The average molecular weight is 263 g/mol. The number of nitrogen functional groups attached to an aromatic ring is 1. The standard InChI is InChI=1S/C16H29N3/c1-5-16(6-2)19(12-13(3)4)10-9-15-8-7-14(17)11-18-15/h7-8,11,13,16H,5-6,9-10,12,17H2,1-4H3. The van der Waals surface area contributed by atoms with Gasteiger partial charge in [0.2, 0.25) is 0 Å². The summed E-state index contributed by atoms with van der Waals surface area (Å²) in [7, 11) is 0. The highest BCUT2D eigenvalue weighted by atomic mass is 15.2. The van der Waals surface area contributed by atoms with Gasteiger partial charge in [-0.15, -0.1) is 0 Å². The van der Waals surface area contributed by atoms with Crippen LogP contribution in [0, 0.1) is 5.92 Å². The molecule has 3 nitrogen and oxygen atoms in total. The summed E-state index contributed by atoms with van der Waals surface area (Å²) >= 11 is 0. The second-order valence-corrected chi connectivity index (χ2v) is 5.69. The van der Waals surface area contributed by atoms with Gasteiger partial charge in [0.15, 0.2) is 0 Å². The van der Waals surface area contributed by atoms with Gasteiger partial charge in [0, 0.05) is 31.2 Å². The predicted molar refractivity (Wildman–Crippen MR) is 83.1 cm³/mol. The van der Waals surface area contributed by atoms with Gasteiger partial charge in [-0.1, -0.05) is 27.7 Å². The first-order chi connectivity index (χ1) is 9.06. The maximum Gasteiger partial charge on any atom is 0.0501 e. The monoisotopic (exact) mass is 263 g/mol. The first-order valence-electron chi connectivity index (χ1n) is 7.51. The zero-order valence-electron chi connectivity index (χ0n) is 12.9. The molecule has 1 heterocycles. The number of nitrogens with two attached hydrogens (primary N) is 1. The van der Waals surface area contributed by atoms with Crippen molar-refractivity contribution in [3.8, 4) is 0 Å². The Morgan fingerprint density at radius 3 is 2.37 bits per heavy atom. The second-order valence-electron chi connectivity index (χ2n) is 5.69. The third-order valence-corrected chi connectivity index (χ3v) is 3.56. The number of aromatic nitrogens is 1. The van der Waals surface area contributed by atoms with E-state index in [2.05, 4.69) is 37.6 Å². The van der Waals surface area contributed by atoms with Crippen LogP contribution in [0.1, 0.15) is 46.2 Å². The van der Waals surface area contributed by atoms with E-state index >= 15 is 0 Å². The van der Waals surface area contributed by atoms with E-state index in [1.807, 2.05) is 12.1 Å². The molecule has 2 N–H and O–H groups in total. The van der Waals surface area contributed by atoms with E-state index in [0.717, 1.165) is 24.3 Å². The van der Waals surface area contributed by atoms with Crippen molar-refractivity contribution in [2.45, 2.75) is 53.0 Å². The fraction of sp³-hybridized carbons (Fsp3) is 0.688. The van der Waals surface area contributed by atoms with Crippen LogP contribution in [0.2, 0.25) is 0 Å². The molecule has 0 fully saturated rings. The van der Waals surface area contributed by atoms with Gasteiger partial charge in [-0.3, -0.25) is 9.88 Å². The van der Waals surface area contributed by atoms with Crippen molar-refractivity contribution in [1.29, 1.82) is 0 Å². The highest BCUT2D eigenvalue weighted by Crippen LogP contribution is 2.12. The van der Waals surface area contributed by atoms with Crippen LogP contribution in [0.3, 0.4) is 0 Å². The Morgan fingerprint density at radius 1 is 1.21 bits per heavy atom. The SMILES string of the molecule is CCC(CC)N(CCc1ccc(N)cn1)CC(C)C. The van der Waals surface area contributed by atoms with Crippen LogP contribution in [-0.4, -0.2) is 29.0 Å². The fourth-order valence-corrected chi connectivity index (χ4v) is 2.54. The molecular formula is C16H29N3. The van der Waals surface area contributed by atoms with E-state index in [0.29, 0.717) is 12.0 Å². The predicted octanol–water partition coefficient (Wildman–Crippen LogP) is 3.35. The quantitative estimate of drug-likeness (QED) is 0.782. The van der Waals surface area contributed by atoms with E-state index < -0.39 is 0 Å². The Hall–Kier alpha value is -1.09. The van der Waals surface area contributed by atoms with Crippen molar-refractivity contribution < 1.29 is 0 Å². The number of hydrogen-bond donors (Lipinski definition) is 1. The maximum absolute atomic E-state index is 5.67. The van der Waals surface area contributed by atoms with Gasteiger partial charge in [-0.2, -0.15) is 0 Å². The summed E-state index contributed by atoms with van der Waals surface area (Å²) < 4.78 is 0. The zero-order chi connectivity index (χ0) is 14.3. The molecule has 3 heteroatoms. The Kier molecular flexibility index (Phi) is 6.85. The van der Waals surface area contributed by atoms with E-state index in [4.69, 9.17) is 5.73 Å². The van der Waals surface area contributed by atoms with Crippen molar-refractivity contribution in [3.05, 3.63) is 24.0 Å². The van der Waals surface area contributed by atoms with E-state index in [-0.39, 0.29) is 0 Å². The van der Waals surface area contributed by atoms with Crippen molar-refractivity contribution in [2.24, 2.45) is 5.92 Å². The zero-order valence-corrected chi connectivity index (χ0v) is 12.9. The van der Waals surface area contributed by atoms with E-state index in [1.54, 1.807) is 6.20 Å². The molecule has 0 unspecified atom stereocenters. The van der Waals surface area contributed by atoms with Crippen LogP contribution < -0.4 is 5.73 Å². The maximum atomic E-state index is 5.67. The van der Waals surface area contributed by atoms with Crippen LogP contribution in [0.15, 0.2) is 18.3 Å². The number of nitrogens with zero attached hydrogens (tertiary/aromatic N) is 2. The van der Waals surface area contributed by atoms with Crippen LogP contribution >= 0.6 is 0 Å². The molecule has 1 rings (SSSR count). The average Bonchev–Trinajstić information content (AvgIpc) is 2.38. The number of hydrogen-bond acceptors (Lipinski definition) is 3. The molecule has 0 spiro atoms. The van der Waals surface area contributed by atoms with Crippen molar-refractivity contribution in [1.82, 2.24) is 9.88 Å². The molecule has 0 aliphatic heterocycles. The summed E-state index contributed by atoms with van der Waals surface area (Å²) in [6.45, 7) is 11.4. The molecule has 0 radical (unpaired) electrons. The number of pyridine rings is 1. The molecule has 1 aromatic heterocycles. The number of anilines is 1. The molecule has 1 aromatic rings. The molecule has 0 aliphatic carbocycles. The lowest BCUT2D eigenvalue weighted by Crippen LogP contribution is -2.38. The largest absolute Gasteiger partial charge is 0.397 e. The first-order valence-corrected chi connectivity index (χ1v) is 7.51. The van der Waals surface area contributed by atoms with E-state index in [1.165, 1.54) is 19.4 Å². The van der Waals surface area contributed by atoms with Crippen LogP contribution in [0.4, 0.5) is 5.69 Å². The minimum atomic E-state index is 0.691. The Labute approximate surface area is 118 Å². The molecule has 0 bridgehead atoms. The third-order valence-electron chi connectivity index (χ3n) is 3.56. The van der Waals surface area contributed by atoms with Crippen LogP contribution in [0.5, 0.6) is 0 Å². The van der Waals surface area contributed by atoms with Crippen molar-refractivity contribution in [3.63, 3.8) is 0 Å². The van der Waals surface area contributed by atoms with Gasteiger partial charge in [-0.25, -0.2) is 0 Å². The van der Waals surface area contributed by atoms with Gasteiger partial charge in [-0.05, 0) is 30.9 Å². The van der Waals surface area contributed by atoms with Crippen molar-refractivity contribution in [2.75, 3.05) is 18.8 Å². The Bertz CT molecular complexity index is 342. The summed E-state index contributed by atoms with van der Waals surface area (Å²) in [6.07, 6.45) is 5.19. The van der Waals surface area contributed by atoms with Gasteiger partial charge in [0.25, 0.3) is 0 Å². The highest BCUT2D eigenvalue weighted by molar-refractivity contribution is 5.34. The molecule has 0 saturated carbocycles. The Morgan fingerprint density at radius 2 is 1.89 bits per heavy atom. The summed E-state index contributed by atoms with van der Waals surface area (Å²) in [5.74, 6) is 0.708. The molecule has 0 saturated heterocycles. The lowest BCUT2D eigenvalue weighted by molar-refractivity contribution is 0.167. The van der Waals surface area contributed by atoms with Gasteiger partial charge < -0.3 is 5.73 Å². The number of rotatable bonds is 8. The van der Waals surface area contributed by atoms with Gasteiger partial charge in [0.1, 0.15) is 0 Å². The lowest BCUT2D eigenvalue weighted by Gasteiger charge is -2.31. The first kappa shape index (κ1) is 16.0. The highest BCUT2D eigenvalue weighted by Gasteiger charge is 2.16. The normalized spacial score (nSPS) is 11.7. The minimum absolute atomic E-state index is 0.691. The molecular weight excluding hydrogens is 234 g/mol. The fourth-order valence-electron chi connectivity index (χ4n) is 2.54. The molecule has 0 aliphatic rings. The van der Waals surface area contributed by atoms with Gasteiger partial charge >= 0.3 is 0 Å².